The lowest BCUT2D eigenvalue weighted by molar-refractivity contribution is -0.119. The Morgan fingerprint density at radius 1 is 1.31 bits per heavy atom. The van der Waals surface area contributed by atoms with E-state index >= 15 is 0 Å². The first-order valence-electron chi connectivity index (χ1n) is 9.29. The lowest BCUT2D eigenvalue weighted by Crippen LogP contribution is -2.41. The monoisotopic (exact) mass is 438 g/mol. The molecule has 0 aliphatic carbocycles. The van der Waals surface area contributed by atoms with Crippen LogP contribution in [0.25, 0.3) is 0 Å². The number of nitrogens with one attached hydrogen (secondary N) is 1. The molecule has 2 aliphatic heterocycles. The Bertz CT molecular complexity index is 1010. The van der Waals surface area contributed by atoms with Crippen LogP contribution in [0.5, 0.6) is 11.5 Å². The molecule has 2 aliphatic rings. The van der Waals surface area contributed by atoms with Crippen LogP contribution in [-0.4, -0.2) is 65.6 Å². The van der Waals surface area contributed by atoms with E-state index in [1.807, 2.05) is 24.3 Å². The third-order valence-corrected chi connectivity index (χ3v) is 7.68. The number of hydrogen-bond donors (Lipinski definition) is 1. The van der Waals surface area contributed by atoms with Crippen LogP contribution >= 0.6 is 11.8 Å². The molecule has 4 rings (SSSR count). The second-order valence-corrected chi connectivity index (χ2v) is 10.3. The molecule has 0 spiro atoms. The molecule has 0 radical (unpaired) electrons. The van der Waals surface area contributed by atoms with Gasteiger partial charge in [-0.3, -0.25) is 4.79 Å². The molecular formula is C18H22N4O5S2. The molecule has 9 nitrogen and oxygen atoms in total. The van der Waals surface area contributed by atoms with Gasteiger partial charge < -0.3 is 19.4 Å². The van der Waals surface area contributed by atoms with Crippen molar-refractivity contribution in [3.05, 3.63) is 30.1 Å². The summed E-state index contributed by atoms with van der Waals surface area (Å²) in [5.41, 5.74) is 0. The normalized spacial score (nSPS) is 22.4. The van der Waals surface area contributed by atoms with Crippen molar-refractivity contribution in [2.75, 3.05) is 30.4 Å². The highest BCUT2D eigenvalue weighted by atomic mass is 32.2. The van der Waals surface area contributed by atoms with Gasteiger partial charge in [0.25, 0.3) is 0 Å². The third-order valence-electron chi connectivity index (χ3n) is 4.89. The Kier molecular flexibility index (Phi) is 5.68. The number of amides is 1. The Morgan fingerprint density at radius 3 is 2.86 bits per heavy atom. The molecule has 29 heavy (non-hydrogen) atoms. The Morgan fingerprint density at radius 2 is 2.10 bits per heavy atom. The molecule has 2 atom stereocenters. The third kappa shape index (κ3) is 4.67. The maximum atomic E-state index is 12.2. The first-order chi connectivity index (χ1) is 13.9. The van der Waals surface area contributed by atoms with E-state index in [1.54, 1.807) is 11.6 Å². The van der Waals surface area contributed by atoms with Gasteiger partial charge in [-0.15, -0.1) is 10.2 Å². The number of carbonyl (C=O) groups is 1. The number of carbonyl (C=O) groups excluding carboxylic acids is 1. The zero-order valence-electron chi connectivity index (χ0n) is 15.9. The molecule has 2 aromatic rings. The molecular weight excluding hydrogens is 416 g/mol. The number of rotatable bonds is 6. The first-order valence-corrected chi connectivity index (χ1v) is 12.1. The Balaban J connectivity index is 1.25. The van der Waals surface area contributed by atoms with Gasteiger partial charge >= 0.3 is 0 Å². The molecule has 156 valence electrons. The SMILES string of the molecule is Cn1c(SCC(=O)NC[C@H]2COc3ccccc3O2)nnc1[C@H]1CCS(=O)(=O)C1. The van der Waals surface area contributed by atoms with E-state index in [0.29, 0.717) is 42.1 Å². The summed E-state index contributed by atoms with van der Waals surface area (Å²) < 4.78 is 36.6. The van der Waals surface area contributed by atoms with Crippen molar-refractivity contribution in [1.82, 2.24) is 20.1 Å². The Hall–Kier alpha value is -2.27. The van der Waals surface area contributed by atoms with Crippen LogP contribution in [-0.2, 0) is 21.7 Å². The summed E-state index contributed by atoms with van der Waals surface area (Å²) in [6.07, 6.45) is 0.316. The van der Waals surface area contributed by atoms with E-state index < -0.39 is 9.84 Å². The van der Waals surface area contributed by atoms with Gasteiger partial charge in [0.05, 0.1) is 23.8 Å². The van der Waals surface area contributed by atoms with Gasteiger partial charge in [-0.1, -0.05) is 23.9 Å². The minimum Gasteiger partial charge on any atom is -0.486 e. The summed E-state index contributed by atoms with van der Waals surface area (Å²) in [6.45, 7) is 0.721. The van der Waals surface area contributed by atoms with Gasteiger partial charge in [-0.25, -0.2) is 8.42 Å². The van der Waals surface area contributed by atoms with Crippen molar-refractivity contribution in [1.29, 1.82) is 0 Å². The lowest BCUT2D eigenvalue weighted by atomic mass is 10.1. The van der Waals surface area contributed by atoms with Gasteiger partial charge in [-0.05, 0) is 18.6 Å². The number of nitrogens with zero attached hydrogens (tertiary/aromatic N) is 3. The minimum atomic E-state index is -2.99. The van der Waals surface area contributed by atoms with Crippen LogP contribution in [0.4, 0.5) is 0 Å². The second kappa shape index (κ2) is 8.23. The van der Waals surface area contributed by atoms with E-state index in [0.717, 1.165) is 0 Å². The fourth-order valence-corrected chi connectivity index (χ4v) is 5.87. The number of aromatic nitrogens is 3. The summed E-state index contributed by atoms with van der Waals surface area (Å²) in [4.78, 5) is 12.2. The molecule has 0 unspecified atom stereocenters. The molecule has 0 saturated carbocycles. The lowest BCUT2D eigenvalue weighted by Gasteiger charge is -2.26. The fraction of sp³-hybridized carbons (Fsp3) is 0.500. The standard InChI is InChI=1S/C18H22N4O5S2/c1-22-17(12-6-7-29(24,25)11-12)20-21-18(22)28-10-16(23)19-8-13-9-26-14-4-2-3-5-15(14)27-13/h2-5,12-13H,6-11H2,1H3,(H,19,23)/t12-,13-/m0/s1. The summed E-state index contributed by atoms with van der Waals surface area (Å²) in [5, 5.41) is 11.7. The fourth-order valence-electron chi connectivity index (χ4n) is 3.38. The van der Waals surface area contributed by atoms with Crippen LogP contribution in [0.1, 0.15) is 18.2 Å². The predicted octanol–water partition coefficient (Wildman–Crippen LogP) is 0.765. The summed E-state index contributed by atoms with van der Waals surface area (Å²) in [7, 11) is -1.19. The first kappa shape index (κ1) is 20.0. The van der Waals surface area contributed by atoms with Crippen molar-refractivity contribution in [3.63, 3.8) is 0 Å². The maximum Gasteiger partial charge on any atom is 0.230 e. The topological polar surface area (TPSA) is 112 Å². The zero-order valence-corrected chi connectivity index (χ0v) is 17.5. The van der Waals surface area contributed by atoms with Gasteiger partial charge in [-0.2, -0.15) is 0 Å². The minimum absolute atomic E-state index is 0.108. The maximum absolute atomic E-state index is 12.2. The van der Waals surface area contributed by atoms with E-state index in [1.165, 1.54) is 11.8 Å². The van der Waals surface area contributed by atoms with Crippen LogP contribution in [0.15, 0.2) is 29.4 Å². The van der Waals surface area contributed by atoms with E-state index in [2.05, 4.69) is 15.5 Å². The molecule has 1 aromatic heterocycles. The average molecular weight is 439 g/mol. The van der Waals surface area contributed by atoms with Crippen LogP contribution in [0.3, 0.4) is 0 Å². The summed E-state index contributed by atoms with van der Waals surface area (Å²) >= 11 is 1.27. The smallest absolute Gasteiger partial charge is 0.230 e. The summed E-state index contributed by atoms with van der Waals surface area (Å²) in [6, 6.07) is 7.43. The largest absolute Gasteiger partial charge is 0.486 e. The van der Waals surface area contributed by atoms with E-state index in [-0.39, 0.29) is 35.2 Å². The number of para-hydroxylation sites is 2. The van der Waals surface area contributed by atoms with Gasteiger partial charge in [0, 0.05) is 13.0 Å². The van der Waals surface area contributed by atoms with Crippen LogP contribution < -0.4 is 14.8 Å². The second-order valence-electron chi connectivity index (χ2n) is 7.09. The van der Waals surface area contributed by atoms with Crippen molar-refractivity contribution in [2.45, 2.75) is 23.6 Å². The molecule has 1 N–H and O–H groups in total. The molecule has 1 aromatic carbocycles. The highest BCUT2D eigenvalue weighted by Gasteiger charge is 2.32. The molecule has 1 fully saturated rings. The van der Waals surface area contributed by atoms with Crippen molar-refractivity contribution in [2.24, 2.45) is 7.05 Å². The zero-order chi connectivity index (χ0) is 20.4. The van der Waals surface area contributed by atoms with Crippen LogP contribution in [0.2, 0.25) is 0 Å². The van der Waals surface area contributed by atoms with Gasteiger partial charge in [0.1, 0.15) is 18.5 Å². The number of hydrogen-bond acceptors (Lipinski definition) is 8. The van der Waals surface area contributed by atoms with Crippen LogP contribution in [0, 0.1) is 0 Å². The highest BCUT2D eigenvalue weighted by Crippen LogP contribution is 2.31. The summed E-state index contributed by atoms with van der Waals surface area (Å²) in [5.74, 6) is 2.23. The number of fused-ring (bicyclic) bond motifs is 1. The van der Waals surface area contributed by atoms with Crippen molar-refractivity contribution >= 4 is 27.5 Å². The number of thioether (sulfide) groups is 1. The van der Waals surface area contributed by atoms with Gasteiger partial charge in [0.2, 0.25) is 5.91 Å². The molecule has 11 heteroatoms. The number of ether oxygens (including phenoxy) is 2. The molecule has 1 amide bonds. The van der Waals surface area contributed by atoms with Crippen molar-refractivity contribution < 1.29 is 22.7 Å². The van der Waals surface area contributed by atoms with E-state index in [9.17, 15) is 13.2 Å². The predicted molar refractivity (Wildman–Crippen MR) is 107 cm³/mol. The number of benzene rings is 1. The van der Waals surface area contributed by atoms with Gasteiger partial charge in [0.15, 0.2) is 26.5 Å². The number of sulfone groups is 1. The quantitative estimate of drug-likeness (QED) is 0.658. The molecule has 3 heterocycles. The van der Waals surface area contributed by atoms with E-state index in [4.69, 9.17) is 9.47 Å². The molecule has 1 saturated heterocycles. The average Bonchev–Trinajstić information content (AvgIpc) is 3.26. The highest BCUT2D eigenvalue weighted by molar-refractivity contribution is 7.99. The Labute approximate surface area is 173 Å². The molecule has 0 bridgehead atoms. The van der Waals surface area contributed by atoms with Crippen molar-refractivity contribution in [3.8, 4) is 11.5 Å².